The molecule has 0 radical (unpaired) electrons. The van der Waals surface area contributed by atoms with Crippen LogP contribution in [0, 0.1) is 0 Å². The Kier molecular flexibility index (Phi) is 4.06. The summed E-state index contributed by atoms with van der Waals surface area (Å²) < 4.78 is 37.1. The number of aliphatic hydroxyl groups is 1. The van der Waals surface area contributed by atoms with E-state index in [1.807, 2.05) is 0 Å². The highest BCUT2D eigenvalue weighted by Crippen LogP contribution is 2.29. The van der Waals surface area contributed by atoms with E-state index >= 15 is 0 Å². The molecule has 0 aliphatic rings. The van der Waals surface area contributed by atoms with Crippen molar-refractivity contribution in [3.8, 4) is 0 Å². The molecule has 0 amide bonds. The smallest absolute Gasteiger partial charge is 0.389 e. The average Bonchev–Trinajstić information content (AvgIpc) is 2.84. The molecule has 0 aliphatic heterocycles. The van der Waals surface area contributed by atoms with Gasteiger partial charge in [-0.25, -0.2) is 4.98 Å². The first-order chi connectivity index (χ1) is 8.99. The normalized spacial score (nSPS) is 11.6. The number of hydrogen-bond acceptors (Lipinski definition) is 4. The van der Waals surface area contributed by atoms with Gasteiger partial charge in [0.1, 0.15) is 5.01 Å². The predicted molar refractivity (Wildman–Crippen MR) is 66.8 cm³/mol. The lowest BCUT2D eigenvalue weighted by Gasteiger charge is -2.08. The molecule has 2 rings (SSSR count). The van der Waals surface area contributed by atoms with Crippen molar-refractivity contribution in [2.75, 3.05) is 5.32 Å². The van der Waals surface area contributed by atoms with Crippen LogP contribution in [0.5, 0.6) is 0 Å². The van der Waals surface area contributed by atoms with Crippen LogP contribution >= 0.6 is 11.3 Å². The Hall–Kier alpha value is -1.60. The van der Waals surface area contributed by atoms with Crippen molar-refractivity contribution >= 4 is 17.0 Å². The van der Waals surface area contributed by atoms with Gasteiger partial charge in [0, 0.05) is 11.1 Å². The summed E-state index contributed by atoms with van der Waals surface area (Å²) >= 11 is 1.34. The van der Waals surface area contributed by atoms with Crippen molar-refractivity contribution in [3.63, 3.8) is 0 Å². The molecule has 7 heteroatoms. The number of rotatable bonds is 4. The first-order valence-corrected chi connectivity index (χ1v) is 6.32. The number of alkyl halides is 3. The van der Waals surface area contributed by atoms with Crippen LogP contribution in [0.2, 0.25) is 0 Å². The summed E-state index contributed by atoms with van der Waals surface area (Å²) in [7, 11) is 0. The van der Waals surface area contributed by atoms with Crippen LogP contribution in [-0.2, 0) is 19.3 Å². The van der Waals surface area contributed by atoms with E-state index < -0.39 is 11.7 Å². The standard InChI is InChI=1S/C12H11F3N2OS/c13-12(14,15)8-1-3-9(4-2-8)16-5-10-7-19-11(6-18)17-10/h1-4,7,16,18H,5-6H2. The monoisotopic (exact) mass is 288 g/mol. The molecule has 0 saturated carbocycles. The molecule has 0 fully saturated rings. The fourth-order valence-electron chi connectivity index (χ4n) is 1.47. The first-order valence-electron chi connectivity index (χ1n) is 5.44. The van der Waals surface area contributed by atoms with Gasteiger partial charge in [0.15, 0.2) is 0 Å². The number of anilines is 1. The lowest BCUT2D eigenvalue weighted by atomic mass is 10.2. The van der Waals surface area contributed by atoms with Crippen LogP contribution in [0.3, 0.4) is 0 Å². The highest BCUT2D eigenvalue weighted by molar-refractivity contribution is 7.09. The molecule has 102 valence electrons. The highest BCUT2D eigenvalue weighted by atomic mass is 32.1. The van der Waals surface area contributed by atoms with E-state index in [4.69, 9.17) is 5.11 Å². The molecule has 2 aromatic rings. The summed E-state index contributed by atoms with van der Waals surface area (Å²) in [5, 5.41) is 14.2. The molecule has 1 aromatic heterocycles. The first kappa shape index (κ1) is 13.8. The Labute approximate surface area is 111 Å². The second-order valence-electron chi connectivity index (χ2n) is 3.82. The number of halogens is 3. The van der Waals surface area contributed by atoms with Gasteiger partial charge in [-0.1, -0.05) is 0 Å². The minimum absolute atomic E-state index is 0.106. The summed E-state index contributed by atoms with van der Waals surface area (Å²) in [6, 6.07) is 4.81. The minimum atomic E-state index is -4.32. The van der Waals surface area contributed by atoms with Gasteiger partial charge in [-0.3, -0.25) is 0 Å². The van der Waals surface area contributed by atoms with Crippen LogP contribution in [0.4, 0.5) is 18.9 Å². The molecule has 3 nitrogen and oxygen atoms in total. The van der Waals surface area contributed by atoms with Gasteiger partial charge >= 0.3 is 6.18 Å². The fraction of sp³-hybridized carbons (Fsp3) is 0.250. The third-order valence-corrected chi connectivity index (χ3v) is 3.30. The van der Waals surface area contributed by atoms with E-state index in [-0.39, 0.29) is 6.61 Å². The maximum atomic E-state index is 12.4. The third-order valence-electron chi connectivity index (χ3n) is 2.42. The lowest BCUT2D eigenvalue weighted by molar-refractivity contribution is -0.137. The second kappa shape index (κ2) is 5.58. The molecule has 0 aliphatic carbocycles. The fourth-order valence-corrected chi connectivity index (χ4v) is 2.13. The van der Waals surface area contributed by atoms with Crippen LogP contribution in [0.1, 0.15) is 16.3 Å². The summed E-state index contributed by atoms with van der Waals surface area (Å²) in [5.41, 5.74) is 0.662. The van der Waals surface area contributed by atoms with Crippen molar-refractivity contribution < 1.29 is 18.3 Å². The zero-order chi connectivity index (χ0) is 13.9. The molecule has 19 heavy (non-hydrogen) atoms. The lowest BCUT2D eigenvalue weighted by Crippen LogP contribution is -2.05. The van der Waals surface area contributed by atoms with Crippen molar-refractivity contribution in [2.24, 2.45) is 0 Å². The molecule has 0 bridgehead atoms. The van der Waals surface area contributed by atoms with E-state index in [9.17, 15) is 13.2 Å². The zero-order valence-electron chi connectivity index (χ0n) is 9.74. The quantitative estimate of drug-likeness (QED) is 0.907. The molecular formula is C12H11F3N2OS. The van der Waals surface area contributed by atoms with Gasteiger partial charge in [0.2, 0.25) is 0 Å². The number of nitrogens with one attached hydrogen (secondary N) is 1. The van der Waals surface area contributed by atoms with Crippen LogP contribution in [0.25, 0.3) is 0 Å². The number of aromatic nitrogens is 1. The number of nitrogens with zero attached hydrogens (tertiary/aromatic N) is 1. The van der Waals surface area contributed by atoms with E-state index in [1.165, 1.54) is 23.5 Å². The second-order valence-corrected chi connectivity index (χ2v) is 4.76. The zero-order valence-corrected chi connectivity index (χ0v) is 10.6. The summed E-state index contributed by atoms with van der Waals surface area (Å²) in [6.07, 6.45) is -4.32. The Morgan fingerprint density at radius 2 is 1.89 bits per heavy atom. The molecule has 1 aromatic carbocycles. The van der Waals surface area contributed by atoms with Crippen molar-refractivity contribution in [1.29, 1.82) is 0 Å². The van der Waals surface area contributed by atoms with Gasteiger partial charge in [-0.15, -0.1) is 11.3 Å². The Bertz CT molecular complexity index is 537. The molecule has 0 saturated heterocycles. The summed E-state index contributed by atoms with van der Waals surface area (Å²) in [5.74, 6) is 0. The van der Waals surface area contributed by atoms with E-state index in [2.05, 4.69) is 10.3 Å². The molecule has 2 N–H and O–H groups in total. The number of hydrogen-bond donors (Lipinski definition) is 2. The van der Waals surface area contributed by atoms with E-state index in [0.29, 0.717) is 17.2 Å². The Morgan fingerprint density at radius 3 is 2.42 bits per heavy atom. The van der Waals surface area contributed by atoms with Crippen molar-refractivity contribution in [1.82, 2.24) is 4.98 Å². The average molecular weight is 288 g/mol. The molecular weight excluding hydrogens is 277 g/mol. The van der Waals surface area contributed by atoms with Crippen LogP contribution in [0.15, 0.2) is 29.6 Å². The van der Waals surface area contributed by atoms with Gasteiger partial charge in [-0.2, -0.15) is 13.2 Å². The van der Waals surface area contributed by atoms with Gasteiger partial charge in [0.05, 0.1) is 24.4 Å². The minimum Gasteiger partial charge on any atom is -0.389 e. The number of aliphatic hydroxyl groups excluding tert-OH is 1. The van der Waals surface area contributed by atoms with Gasteiger partial charge in [0.25, 0.3) is 0 Å². The molecule has 0 atom stereocenters. The molecule has 0 spiro atoms. The SMILES string of the molecule is OCc1nc(CNc2ccc(C(F)(F)F)cc2)cs1. The van der Waals surface area contributed by atoms with Gasteiger partial charge < -0.3 is 10.4 Å². The van der Waals surface area contributed by atoms with Crippen molar-refractivity contribution in [2.45, 2.75) is 19.3 Å². The maximum Gasteiger partial charge on any atom is 0.416 e. The maximum absolute atomic E-state index is 12.4. The van der Waals surface area contributed by atoms with Gasteiger partial charge in [-0.05, 0) is 24.3 Å². The summed E-state index contributed by atoms with van der Waals surface area (Å²) in [4.78, 5) is 4.13. The van der Waals surface area contributed by atoms with Crippen LogP contribution in [-0.4, -0.2) is 10.1 Å². The molecule has 0 unspecified atom stereocenters. The molecule has 1 heterocycles. The largest absolute Gasteiger partial charge is 0.416 e. The van der Waals surface area contributed by atoms with Crippen LogP contribution < -0.4 is 5.32 Å². The third kappa shape index (κ3) is 3.68. The highest BCUT2D eigenvalue weighted by Gasteiger charge is 2.29. The Balaban J connectivity index is 1.96. The number of thiazole rings is 1. The predicted octanol–water partition coefficient (Wildman–Crippen LogP) is 3.27. The Morgan fingerprint density at radius 1 is 1.21 bits per heavy atom. The van der Waals surface area contributed by atoms with E-state index in [1.54, 1.807) is 5.38 Å². The topological polar surface area (TPSA) is 45.2 Å². The van der Waals surface area contributed by atoms with E-state index in [0.717, 1.165) is 17.8 Å². The number of benzene rings is 1. The summed E-state index contributed by atoms with van der Waals surface area (Å²) in [6.45, 7) is 0.298. The van der Waals surface area contributed by atoms with Crippen molar-refractivity contribution in [3.05, 3.63) is 45.9 Å².